The maximum Gasteiger partial charge on any atom is 0.322 e. The van der Waals surface area contributed by atoms with Crippen LogP contribution in [0.3, 0.4) is 0 Å². The molecule has 0 radical (unpaired) electrons. The lowest BCUT2D eigenvalue weighted by molar-refractivity contribution is 0.0553. The number of ether oxygens (including phenoxy) is 2. The van der Waals surface area contributed by atoms with E-state index in [1.165, 1.54) is 0 Å². The molecule has 5 N–H and O–H groups in total. The van der Waals surface area contributed by atoms with Crippen LogP contribution in [0.25, 0.3) is 0 Å². The molecule has 0 unspecified atom stereocenters. The van der Waals surface area contributed by atoms with E-state index in [2.05, 4.69) is 9.97 Å². The highest BCUT2D eigenvalue weighted by atomic mass is 16.5. The van der Waals surface area contributed by atoms with Gasteiger partial charge < -0.3 is 26.0 Å². The van der Waals surface area contributed by atoms with Crippen LogP contribution in [0.1, 0.15) is 55.3 Å². The summed E-state index contributed by atoms with van der Waals surface area (Å²) in [6.07, 6.45) is 5.32. The molecular weight excluding hydrogens is 300 g/mol. The van der Waals surface area contributed by atoms with Crippen molar-refractivity contribution in [2.75, 3.05) is 5.73 Å². The molecule has 0 bridgehead atoms. The number of hydrogen-bond donors (Lipinski definition) is 3. The summed E-state index contributed by atoms with van der Waals surface area (Å²) in [6, 6.07) is 0.0851. The second-order valence-corrected chi connectivity index (χ2v) is 6.11. The minimum absolute atomic E-state index is 0.0102. The van der Waals surface area contributed by atoms with Gasteiger partial charge in [-0.1, -0.05) is 0 Å². The second kappa shape index (κ2) is 6.57. The van der Waals surface area contributed by atoms with Crippen molar-refractivity contribution >= 4 is 11.7 Å². The third kappa shape index (κ3) is 3.47. The number of nitrogens with zero attached hydrogens (tertiary/aromatic N) is 2. The van der Waals surface area contributed by atoms with E-state index in [0.29, 0.717) is 12.8 Å². The van der Waals surface area contributed by atoms with Gasteiger partial charge in [-0.3, -0.25) is 4.79 Å². The van der Waals surface area contributed by atoms with Crippen molar-refractivity contribution in [3.05, 3.63) is 5.56 Å². The smallest absolute Gasteiger partial charge is 0.322 e. The van der Waals surface area contributed by atoms with Crippen LogP contribution in [0.5, 0.6) is 11.9 Å². The van der Waals surface area contributed by atoms with Gasteiger partial charge in [-0.05, 0) is 44.9 Å². The maximum absolute atomic E-state index is 11.6. The highest BCUT2D eigenvalue weighted by Gasteiger charge is 2.30. The minimum atomic E-state index is -0.766. The van der Waals surface area contributed by atoms with E-state index in [1.807, 2.05) is 0 Å². The number of amides is 1. The molecular formula is C15H22N4O4. The molecule has 1 aromatic heterocycles. The highest BCUT2D eigenvalue weighted by Crippen LogP contribution is 2.30. The zero-order valence-electron chi connectivity index (χ0n) is 12.9. The predicted octanol–water partition coefficient (Wildman–Crippen LogP) is 0.771. The van der Waals surface area contributed by atoms with E-state index < -0.39 is 18.1 Å². The number of hydrogen-bond acceptors (Lipinski definition) is 7. The van der Waals surface area contributed by atoms with Crippen LogP contribution in [-0.4, -0.2) is 39.3 Å². The summed E-state index contributed by atoms with van der Waals surface area (Å²) in [7, 11) is 0. The van der Waals surface area contributed by atoms with Crippen LogP contribution in [0.2, 0.25) is 0 Å². The number of rotatable bonds is 5. The number of anilines is 1. The molecule has 1 heterocycles. The molecule has 3 rings (SSSR count). The summed E-state index contributed by atoms with van der Waals surface area (Å²) in [5.74, 6) is -0.843. The Bertz CT molecular complexity index is 589. The van der Waals surface area contributed by atoms with E-state index in [1.54, 1.807) is 0 Å². The molecule has 8 heteroatoms. The van der Waals surface area contributed by atoms with Crippen LogP contribution >= 0.6 is 0 Å². The number of nitrogens with two attached hydrogens (primary N) is 2. The third-order valence-corrected chi connectivity index (χ3v) is 4.38. The van der Waals surface area contributed by atoms with Crippen molar-refractivity contribution in [2.45, 2.75) is 63.3 Å². The van der Waals surface area contributed by atoms with Gasteiger partial charge in [-0.15, -0.1) is 0 Å². The largest absolute Gasteiger partial charge is 0.471 e. The molecule has 0 aliphatic heterocycles. The van der Waals surface area contributed by atoms with Gasteiger partial charge in [-0.2, -0.15) is 9.97 Å². The number of aliphatic hydroxyl groups excluding tert-OH is 1. The Morgan fingerprint density at radius 3 is 2.43 bits per heavy atom. The standard InChI is InChI=1S/C15H22N4O4/c16-12-11(13(17)21)14(23-10-7-3-6-9(10)20)19-15(18-12)22-8-4-1-2-5-8/h8-10,20H,1-7H2,(H2,17,21)(H2,16,18,19)/t9-,10+/m1/s1. The number of primary amides is 1. The molecule has 0 saturated heterocycles. The molecule has 2 aliphatic carbocycles. The molecule has 1 amide bonds. The SMILES string of the molecule is NC(=O)c1c(N)nc(OC2CCCC2)nc1O[C@H]1CCC[C@H]1O. The number of nitrogen functional groups attached to an aromatic ring is 1. The Balaban J connectivity index is 1.86. The summed E-state index contributed by atoms with van der Waals surface area (Å²) in [6.45, 7) is 0. The molecule has 2 aliphatic rings. The molecule has 8 nitrogen and oxygen atoms in total. The van der Waals surface area contributed by atoms with Gasteiger partial charge in [0.15, 0.2) is 0 Å². The topological polar surface area (TPSA) is 134 Å². The lowest BCUT2D eigenvalue weighted by atomic mass is 10.2. The van der Waals surface area contributed by atoms with E-state index >= 15 is 0 Å². The summed E-state index contributed by atoms with van der Waals surface area (Å²) < 4.78 is 11.4. The van der Waals surface area contributed by atoms with E-state index in [9.17, 15) is 9.90 Å². The molecule has 0 spiro atoms. The molecule has 2 fully saturated rings. The van der Waals surface area contributed by atoms with Gasteiger partial charge in [0.25, 0.3) is 5.91 Å². The Morgan fingerprint density at radius 2 is 1.83 bits per heavy atom. The average molecular weight is 322 g/mol. The lowest BCUT2D eigenvalue weighted by Crippen LogP contribution is -2.28. The summed E-state index contributed by atoms with van der Waals surface area (Å²) in [5.41, 5.74) is 11.1. The van der Waals surface area contributed by atoms with Gasteiger partial charge in [0.05, 0.1) is 6.10 Å². The Labute approximate surface area is 134 Å². The van der Waals surface area contributed by atoms with Gasteiger partial charge in [-0.25, -0.2) is 0 Å². The summed E-state index contributed by atoms with van der Waals surface area (Å²) >= 11 is 0. The second-order valence-electron chi connectivity index (χ2n) is 6.11. The molecule has 23 heavy (non-hydrogen) atoms. The van der Waals surface area contributed by atoms with Crippen LogP contribution in [0, 0.1) is 0 Å². The number of aromatic nitrogens is 2. The van der Waals surface area contributed by atoms with Crippen molar-refractivity contribution in [3.8, 4) is 11.9 Å². The molecule has 0 aromatic carbocycles. The summed E-state index contributed by atoms with van der Waals surface area (Å²) in [5, 5.41) is 9.90. The summed E-state index contributed by atoms with van der Waals surface area (Å²) in [4.78, 5) is 19.8. The van der Waals surface area contributed by atoms with Crippen molar-refractivity contribution in [3.63, 3.8) is 0 Å². The van der Waals surface area contributed by atoms with E-state index in [0.717, 1.165) is 32.1 Å². The quantitative estimate of drug-likeness (QED) is 0.729. The van der Waals surface area contributed by atoms with Crippen LogP contribution < -0.4 is 20.9 Å². The van der Waals surface area contributed by atoms with Gasteiger partial charge in [0.1, 0.15) is 23.6 Å². The Morgan fingerprint density at radius 1 is 1.09 bits per heavy atom. The zero-order valence-corrected chi connectivity index (χ0v) is 12.9. The number of carbonyl (C=O) groups is 1. The maximum atomic E-state index is 11.6. The highest BCUT2D eigenvalue weighted by molar-refractivity contribution is 5.99. The molecule has 2 saturated carbocycles. The molecule has 2 atom stereocenters. The normalized spacial score (nSPS) is 24.7. The fraction of sp³-hybridized carbons (Fsp3) is 0.667. The van der Waals surface area contributed by atoms with Gasteiger partial charge in [0.2, 0.25) is 5.88 Å². The van der Waals surface area contributed by atoms with E-state index in [-0.39, 0.29) is 29.4 Å². The first-order valence-corrected chi connectivity index (χ1v) is 8.03. The first kappa shape index (κ1) is 15.8. The number of carbonyl (C=O) groups excluding carboxylic acids is 1. The molecule has 1 aromatic rings. The van der Waals surface area contributed by atoms with Crippen LogP contribution in [0.15, 0.2) is 0 Å². The van der Waals surface area contributed by atoms with Gasteiger partial charge >= 0.3 is 6.01 Å². The molecule has 126 valence electrons. The van der Waals surface area contributed by atoms with Crippen molar-refractivity contribution in [1.82, 2.24) is 9.97 Å². The van der Waals surface area contributed by atoms with Crippen molar-refractivity contribution in [2.24, 2.45) is 5.73 Å². The first-order chi connectivity index (χ1) is 11.0. The fourth-order valence-corrected chi connectivity index (χ4v) is 3.15. The van der Waals surface area contributed by atoms with Crippen LogP contribution in [-0.2, 0) is 0 Å². The Kier molecular flexibility index (Phi) is 4.51. The first-order valence-electron chi connectivity index (χ1n) is 8.03. The minimum Gasteiger partial charge on any atom is -0.471 e. The van der Waals surface area contributed by atoms with Crippen LogP contribution in [0.4, 0.5) is 5.82 Å². The average Bonchev–Trinajstić information content (AvgIpc) is 3.11. The zero-order chi connectivity index (χ0) is 16.4. The fourth-order valence-electron chi connectivity index (χ4n) is 3.15. The lowest BCUT2D eigenvalue weighted by Gasteiger charge is -2.19. The third-order valence-electron chi connectivity index (χ3n) is 4.38. The number of aliphatic hydroxyl groups is 1. The monoisotopic (exact) mass is 322 g/mol. The van der Waals surface area contributed by atoms with Crippen molar-refractivity contribution in [1.29, 1.82) is 0 Å². The van der Waals surface area contributed by atoms with Crippen molar-refractivity contribution < 1.29 is 19.4 Å². The Hall–Kier alpha value is -2.09. The van der Waals surface area contributed by atoms with Gasteiger partial charge in [0, 0.05) is 0 Å². The van der Waals surface area contributed by atoms with E-state index in [4.69, 9.17) is 20.9 Å². The predicted molar refractivity (Wildman–Crippen MR) is 82.1 cm³/mol.